The minimum atomic E-state index is -1.40. The number of aromatic amines is 1. The third-order valence-corrected chi connectivity index (χ3v) is 15.9. The van der Waals surface area contributed by atoms with Crippen molar-refractivity contribution in [2.75, 3.05) is 39.4 Å². The molecule has 3 N–H and O–H groups in total. The Bertz CT molecular complexity index is 2590. The Morgan fingerprint density at radius 1 is 1.03 bits per heavy atom. The monoisotopic (exact) mass is 836 g/mol. The fourth-order valence-corrected chi connectivity index (χ4v) is 14.1. The number of ether oxygens (including phenoxy) is 6. The van der Waals surface area contributed by atoms with Crippen molar-refractivity contribution < 1.29 is 47.9 Å². The Morgan fingerprint density at radius 3 is 2.58 bits per heavy atom. The number of hydrogen-bond acceptors (Lipinski definition) is 14. The molecule has 0 amide bonds. The van der Waals surface area contributed by atoms with Crippen molar-refractivity contribution in [3.8, 4) is 28.7 Å². The maximum absolute atomic E-state index is 15.3. The van der Waals surface area contributed by atoms with Crippen LogP contribution in [0, 0.1) is 13.8 Å². The van der Waals surface area contributed by atoms with Gasteiger partial charge < -0.3 is 38.5 Å². The second-order valence-corrected chi connectivity index (χ2v) is 19.1. The molecule has 1 aromatic heterocycles. The molecule has 3 fully saturated rings. The van der Waals surface area contributed by atoms with Crippen LogP contribution in [0.2, 0.25) is 0 Å². The number of hydrogen-bond donors (Lipinski definition) is 3. The van der Waals surface area contributed by atoms with Gasteiger partial charge in [0.25, 0.3) is 0 Å². The number of piperazine rings is 1. The largest absolute Gasteiger partial charge is 0.504 e. The third-order valence-electron chi connectivity index (χ3n) is 14.4. The highest BCUT2D eigenvalue weighted by Crippen LogP contribution is 2.71. The van der Waals surface area contributed by atoms with E-state index in [2.05, 4.69) is 40.0 Å². The number of carbonyl (C=O) groups excluding carboxylic acids is 3. The van der Waals surface area contributed by atoms with Crippen molar-refractivity contribution in [3.63, 3.8) is 0 Å². The Hall–Kier alpha value is -4.96. The normalized spacial score (nSPS) is 32.0. The summed E-state index contributed by atoms with van der Waals surface area (Å²) in [4.78, 5) is 49.3. The van der Waals surface area contributed by atoms with E-state index in [1.165, 1.54) is 13.8 Å². The molecule has 0 radical (unpaired) electrons. The summed E-state index contributed by atoms with van der Waals surface area (Å²) in [5, 5.41) is 16.5. The second-order valence-electron chi connectivity index (χ2n) is 18.0. The SMILES string of the molecule is COc1c(C)cc2c(c1O)[C@@H]1[C@@H]3[C@@H]4SC[C@]5(N[C@H](COC(C)=O)Cc6c5[nH]c5ccccc65)C(=O)OC[C@@H](c5c6c(c(C)c(OC(C)=O)c54)OCO6)N3C3(C)CN1[C@]2(C)C3. The first kappa shape index (κ1) is 38.0. The van der Waals surface area contributed by atoms with E-state index in [-0.39, 0.29) is 43.6 Å². The number of rotatable bonds is 4. The van der Waals surface area contributed by atoms with Crippen LogP contribution in [-0.4, -0.2) is 94.8 Å². The summed E-state index contributed by atoms with van der Waals surface area (Å²) in [6.07, 6.45) is 1.26. The van der Waals surface area contributed by atoms with Gasteiger partial charge in [-0.2, -0.15) is 0 Å². The predicted molar refractivity (Wildman–Crippen MR) is 220 cm³/mol. The molecule has 4 aromatic rings. The summed E-state index contributed by atoms with van der Waals surface area (Å²) in [6, 6.07) is 8.52. The minimum Gasteiger partial charge on any atom is -0.504 e. The van der Waals surface area contributed by atoms with Gasteiger partial charge in [-0.1, -0.05) is 18.2 Å². The molecule has 3 saturated heterocycles. The van der Waals surface area contributed by atoms with E-state index in [9.17, 15) is 14.7 Å². The highest BCUT2D eigenvalue weighted by Gasteiger charge is 2.71. The summed E-state index contributed by atoms with van der Waals surface area (Å²) in [6.45, 7) is 11.9. The molecule has 12 rings (SSSR count). The number of nitrogens with one attached hydrogen (secondary N) is 2. The van der Waals surface area contributed by atoms with E-state index in [0.717, 1.165) is 50.7 Å². The molecule has 8 aliphatic rings. The number of H-pyrrole nitrogens is 1. The zero-order chi connectivity index (χ0) is 41.8. The van der Waals surface area contributed by atoms with Crippen LogP contribution < -0.4 is 24.3 Å². The van der Waals surface area contributed by atoms with E-state index < -0.39 is 51.9 Å². The predicted octanol–water partition coefficient (Wildman–Crippen LogP) is 5.63. The molecule has 9 heterocycles. The number of phenols is 1. The van der Waals surface area contributed by atoms with Crippen LogP contribution in [0.4, 0.5) is 0 Å². The van der Waals surface area contributed by atoms with Crippen LogP contribution in [-0.2, 0) is 41.4 Å². The van der Waals surface area contributed by atoms with Crippen LogP contribution >= 0.6 is 11.8 Å². The summed E-state index contributed by atoms with van der Waals surface area (Å²) in [7, 11) is 1.59. The highest BCUT2D eigenvalue weighted by atomic mass is 32.2. The molecule has 3 aromatic carbocycles. The molecule has 1 spiro atoms. The molecule has 14 nitrogen and oxygen atoms in total. The van der Waals surface area contributed by atoms with Crippen molar-refractivity contribution in [1.82, 2.24) is 20.1 Å². The van der Waals surface area contributed by atoms with Gasteiger partial charge in [-0.3, -0.25) is 24.7 Å². The molecule has 8 atom stereocenters. The number of para-hydroxylation sites is 1. The van der Waals surface area contributed by atoms with Crippen molar-refractivity contribution >= 4 is 40.6 Å². The highest BCUT2D eigenvalue weighted by molar-refractivity contribution is 7.99. The first-order valence-corrected chi connectivity index (χ1v) is 21.7. The lowest BCUT2D eigenvalue weighted by Crippen LogP contribution is -2.67. The second kappa shape index (κ2) is 12.8. The maximum Gasteiger partial charge on any atom is 0.333 e. The van der Waals surface area contributed by atoms with Crippen molar-refractivity contribution in [1.29, 1.82) is 0 Å². The first-order valence-electron chi connectivity index (χ1n) is 20.6. The number of carbonyl (C=O) groups is 3. The van der Waals surface area contributed by atoms with Gasteiger partial charge in [0.15, 0.2) is 28.5 Å². The van der Waals surface area contributed by atoms with Crippen molar-refractivity contribution in [2.24, 2.45) is 0 Å². The Morgan fingerprint density at radius 2 is 1.82 bits per heavy atom. The molecule has 1 unspecified atom stereocenters. The number of fused-ring (bicyclic) bond motifs is 11. The number of phenolic OH excluding ortho intramolecular Hbond substituents is 1. The van der Waals surface area contributed by atoms with E-state index in [4.69, 9.17) is 28.4 Å². The van der Waals surface area contributed by atoms with Gasteiger partial charge in [-0.05, 0) is 69.4 Å². The maximum atomic E-state index is 15.3. The van der Waals surface area contributed by atoms with Gasteiger partial charge in [0.1, 0.15) is 19.0 Å². The van der Waals surface area contributed by atoms with Gasteiger partial charge in [0.2, 0.25) is 6.79 Å². The molecule has 0 aliphatic carbocycles. The number of benzene rings is 3. The number of aromatic hydroxyl groups is 1. The molecule has 8 aliphatic heterocycles. The van der Waals surface area contributed by atoms with Crippen LogP contribution in [0.3, 0.4) is 0 Å². The Labute approximate surface area is 351 Å². The van der Waals surface area contributed by atoms with Crippen LogP contribution in [0.25, 0.3) is 10.9 Å². The molecular weight excluding hydrogens is 789 g/mol. The number of nitrogens with zero attached hydrogens (tertiary/aromatic N) is 2. The number of methoxy groups -OCH3 is 1. The average Bonchev–Trinajstić information content (AvgIpc) is 3.95. The van der Waals surface area contributed by atoms with Crippen LogP contribution in [0.5, 0.6) is 28.7 Å². The number of thioether (sulfide) groups is 1. The van der Waals surface area contributed by atoms with Gasteiger partial charge in [0, 0.05) is 82.5 Å². The lowest BCUT2D eigenvalue weighted by Gasteiger charge is -2.60. The Balaban J connectivity index is 1.17. The quantitative estimate of drug-likeness (QED) is 0.171. The molecular formula is C45H48N4O10S. The summed E-state index contributed by atoms with van der Waals surface area (Å²) in [5.41, 5.74) is 5.30. The molecule has 15 heteroatoms. The lowest BCUT2D eigenvalue weighted by molar-refractivity contribution is -0.159. The van der Waals surface area contributed by atoms with Gasteiger partial charge >= 0.3 is 17.9 Å². The molecule has 60 heavy (non-hydrogen) atoms. The summed E-state index contributed by atoms with van der Waals surface area (Å²) < 4.78 is 36.9. The molecule has 4 bridgehead atoms. The summed E-state index contributed by atoms with van der Waals surface area (Å²) >= 11 is 1.59. The van der Waals surface area contributed by atoms with Gasteiger partial charge in [0.05, 0.1) is 30.1 Å². The first-order chi connectivity index (χ1) is 28.7. The molecule has 314 valence electrons. The van der Waals surface area contributed by atoms with E-state index >= 15 is 4.79 Å². The zero-order valence-corrected chi connectivity index (χ0v) is 35.5. The zero-order valence-electron chi connectivity index (χ0n) is 34.6. The van der Waals surface area contributed by atoms with Crippen LogP contribution in [0.1, 0.15) is 96.1 Å². The fraction of sp³-hybridized carbons (Fsp3) is 0.489. The van der Waals surface area contributed by atoms with E-state index in [1.807, 2.05) is 38.1 Å². The fourth-order valence-electron chi connectivity index (χ4n) is 12.5. The van der Waals surface area contributed by atoms with E-state index in [1.54, 1.807) is 18.9 Å². The lowest BCUT2D eigenvalue weighted by atomic mass is 9.72. The summed E-state index contributed by atoms with van der Waals surface area (Å²) in [5.74, 6) is 0.908. The molecule has 0 saturated carbocycles. The Kier molecular flexibility index (Phi) is 8.10. The number of esters is 3. The van der Waals surface area contributed by atoms with Crippen molar-refractivity contribution in [3.05, 3.63) is 75.0 Å². The average molecular weight is 837 g/mol. The third kappa shape index (κ3) is 4.85. The number of aryl methyl sites for hydroxylation is 1. The van der Waals surface area contributed by atoms with Crippen molar-refractivity contribution in [2.45, 2.75) is 100 Å². The van der Waals surface area contributed by atoms with Gasteiger partial charge in [-0.15, -0.1) is 11.8 Å². The topological polar surface area (TPSA) is 161 Å². The van der Waals surface area contributed by atoms with Gasteiger partial charge in [-0.25, -0.2) is 4.79 Å². The van der Waals surface area contributed by atoms with E-state index in [0.29, 0.717) is 47.2 Å². The number of aromatic nitrogens is 1. The van der Waals surface area contributed by atoms with Crippen LogP contribution in [0.15, 0.2) is 30.3 Å². The smallest absolute Gasteiger partial charge is 0.333 e. The minimum absolute atomic E-state index is 0.00800. The standard InChI is InChI=1S/C45H48N4O10S/c1-20-12-27-30(35(52)36(20)54-7)33-34-40-32-31(39-38(57-19-58-39)21(2)37(32)59-23(4)51)29(49(34)43(5)16-44(27,6)48(33)17-43)15-56-42(53)45(18-60-40)41-26(13-24(47-45)14-55-22(3)50)25-10-8-9-11-28(25)46-41/h8-12,24,29,33-34,40,46-47,52H,13-19H2,1-7H3/t24-,29-,33+,34+,40+,43?,44+,45+/m0/s1.